The average molecular weight is 262 g/mol. The highest BCUT2D eigenvalue weighted by Gasteiger charge is 2.21. The normalized spacial score (nSPS) is 19.6. The number of ether oxygens (including phenoxy) is 1. The predicted octanol–water partition coefficient (Wildman–Crippen LogP) is 1.91. The Balaban J connectivity index is 2.07. The maximum atomic E-state index is 11.4. The van der Waals surface area contributed by atoms with E-state index in [1.807, 2.05) is 24.3 Å². The zero-order chi connectivity index (χ0) is 13.8. The van der Waals surface area contributed by atoms with Gasteiger partial charge in [0.15, 0.2) is 0 Å². The molecule has 1 saturated heterocycles. The van der Waals surface area contributed by atoms with Gasteiger partial charge in [0.05, 0.1) is 12.7 Å². The molecule has 2 rings (SSSR count). The molecule has 0 spiro atoms. The Morgan fingerprint density at radius 2 is 2.05 bits per heavy atom. The highest BCUT2D eigenvalue weighted by molar-refractivity contribution is 5.89. The number of anilines is 1. The zero-order valence-corrected chi connectivity index (χ0v) is 11.8. The summed E-state index contributed by atoms with van der Waals surface area (Å²) in [6.07, 6.45) is 0. The molecule has 4 heteroatoms. The monoisotopic (exact) mass is 262 g/mol. The Morgan fingerprint density at radius 3 is 2.63 bits per heavy atom. The van der Waals surface area contributed by atoms with E-state index in [2.05, 4.69) is 24.1 Å². The summed E-state index contributed by atoms with van der Waals surface area (Å²) in [6, 6.07) is 8.17. The standard InChI is InChI=1S/C15H22N2O2/c1-11(2)14-10-17(9-8-16-14)13-6-4-12(5-7-13)15(18)19-3/h4-7,11,14,16H,8-10H2,1-3H3. The van der Waals surface area contributed by atoms with Crippen LogP contribution in [0.1, 0.15) is 24.2 Å². The fraction of sp³-hybridized carbons (Fsp3) is 0.533. The molecular formula is C15H22N2O2. The minimum atomic E-state index is -0.285. The molecule has 1 aromatic carbocycles. The molecule has 1 atom stereocenters. The summed E-state index contributed by atoms with van der Waals surface area (Å²) in [5.74, 6) is 0.337. The van der Waals surface area contributed by atoms with E-state index in [9.17, 15) is 4.79 Å². The smallest absolute Gasteiger partial charge is 0.337 e. The molecule has 1 aliphatic heterocycles. The Kier molecular flexibility index (Phi) is 4.43. The van der Waals surface area contributed by atoms with Crippen LogP contribution in [0.15, 0.2) is 24.3 Å². The van der Waals surface area contributed by atoms with Crippen LogP contribution in [0.25, 0.3) is 0 Å². The van der Waals surface area contributed by atoms with Crippen LogP contribution >= 0.6 is 0 Å². The van der Waals surface area contributed by atoms with Crippen LogP contribution in [0, 0.1) is 5.92 Å². The molecule has 19 heavy (non-hydrogen) atoms. The first-order chi connectivity index (χ1) is 9.11. The number of methoxy groups -OCH3 is 1. The third kappa shape index (κ3) is 3.26. The minimum Gasteiger partial charge on any atom is -0.465 e. The first-order valence-corrected chi connectivity index (χ1v) is 6.78. The van der Waals surface area contributed by atoms with Crippen molar-refractivity contribution in [2.45, 2.75) is 19.9 Å². The van der Waals surface area contributed by atoms with E-state index >= 15 is 0 Å². The van der Waals surface area contributed by atoms with E-state index in [1.165, 1.54) is 12.8 Å². The van der Waals surface area contributed by atoms with Gasteiger partial charge in [0.2, 0.25) is 0 Å². The Morgan fingerprint density at radius 1 is 1.37 bits per heavy atom. The number of carbonyl (C=O) groups is 1. The zero-order valence-electron chi connectivity index (χ0n) is 11.8. The van der Waals surface area contributed by atoms with E-state index in [1.54, 1.807) is 0 Å². The molecule has 104 valence electrons. The Hall–Kier alpha value is -1.55. The lowest BCUT2D eigenvalue weighted by atomic mass is 10.0. The molecule has 0 radical (unpaired) electrons. The molecule has 0 saturated carbocycles. The van der Waals surface area contributed by atoms with Crippen LogP contribution in [0.2, 0.25) is 0 Å². The molecular weight excluding hydrogens is 240 g/mol. The second-order valence-corrected chi connectivity index (χ2v) is 5.29. The molecule has 1 aromatic rings. The van der Waals surface area contributed by atoms with Crippen LogP contribution in [0.3, 0.4) is 0 Å². The topological polar surface area (TPSA) is 41.6 Å². The van der Waals surface area contributed by atoms with Crippen molar-refractivity contribution in [3.05, 3.63) is 29.8 Å². The summed E-state index contributed by atoms with van der Waals surface area (Å²) in [6.45, 7) is 7.49. The first-order valence-electron chi connectivity index (χ1n) is 6.78. The van der Waals surface area contributed by atoms with Gasteiger partial charge in [-0.05, 0) is 30.2 Å². The van der Waals surface area contributed by atoms with Crippen LogP contribution in [0.4, 0.5) is 5.69 Å². The van der Waals surface area contributed by atoms with Gasteiger partial charge in [0.25, 0.3) is 0 Å². The molecule has 0 bridgehead atoms. The van der Waals surface area contributed by atoms with Crippen molar-refractivity contribution in [2.24, 2.45) is 5.92 Å². The summed E-state index contributed by atoms with van der Waals surface area (Å²) >= 11 is 0. The average Bonchev–Trinajstić information content (AvgIpc) is 2.46. The Labute approximate surface area is 114 Å². The van der Waals surface area contributed by atoms with Gasteiger partial charge in [-0.3, -0.25) is 0 Å². The molecule has 0 aliphatic carbocycles. The molecule has 4 nitrogen and oxygen atoms in total. The molecule has 0 amide bonds. The van der Waals surface area contributed by atoms with Gasteiger partial charge in [0.1, 0.15) is 0 Å². The molecule has 1 heterocycles. The third-order valence-corrected chi connectivity index (χ3v) is 3.66. The number of benzene rings is 1. The van der Waals surface area contributed by atoms with Crippen molar-refractivity contribution in [3.8, 4) is 0 Å². The van der Waals surface area contributed by atoms with Crippen molar-refractivity contribution >= 4 is 11.7 Å². The van der Waals surface area contributed by atoms with Gasteiger partial charge < -0.3 is 15.0 Å². The second kappa shape index (κ2) is 6.06. The summed E-state index contributed by atoms with van der Waals surface area (Å²) in [5.41, 5.74) is 1.77. The molecule has 1 aliphatic rings. The minimum absolute atomic E-state index is 0.285. The van der Waals surface area contributed by atoms with Gasteiger partial charge in [-0.1, -0.05) is 13.8 Å². The fourth-order valence-corrected chi connectivity index (χ4v) is 2.39. The van der Waals surface area contributed by atoms with Gasteiger partial charge >= 0.3 is 5.97 Å². The first kappa shape index (κ1) is 13.9. The number of hydrogen-bond donors (Lipinski definition) is 1. The van der Waals surface area contributed by atoms with Crippen molar-refractivity contribution in [3.63, 3.8) is 0 Å². The van der Waals surface area contributed by atoms with Gasteiger partial charge in [0, 0.05) is 31.4 Å². The van der Waals surface area contributed by atoms with Crippen molar-refractivity contribution < 1.29 is 9.53 Å². The van der Waals surface area contributed by atoms with E-state index in [0.29, 0.717) is 17.5 Å². The van der Waals surface area contributed by atoms with E-state index in [-0.39, 0.29) is 5.97 Å². The molecule has 0 aromatic heterocycles. The van der Waals surface area contributed by atoms with Crippen molar-refractivity contribution in [2.75, 3.05) is 31.6 Å². The van der Waals surface area contributed by atoms with E-state index < -0.39 is 0 Å². The van der Waals surface area contributed by atoms with E-state index in [0.717, 1.165) is 19.6 Å². The summed E-state index contributed by atoms with van der Waals surface area (Å²) in [4.78, 5) is 13.8. The highest BCUT2D eigenvalue weighted by Crippen LogP contribution is 2.19. The molecule has 1 N–H and O–H groups in total. The third-order valence-electron chi connectivity index (χ3n) is 3.66. The number of piperazine rings is 1. The van der Waals surface area contributed by atoms with Crippen LogP contribution < -0.4 is 10.2 Å². The molecule has 1 unspecified atom stereocenters. The van der Waals surface area contributed by atoms with Gasteiger partial charge in [-0.15, -0.1) is 0 Å². The number of hydrogen-bond acceptors (Lipinski definition) is 4. The van der Waals surface area contributed by atoms with E-state index in [4.69, 9.17) is 4.74 Å². The lowest BCUT2D eigenvalue weighted by molar-refractivity contribution is 0.0601. The number of esters is 1. The number of nitrogens with zero attached hydrogens (tertiary/aromatic N) is 1. The SMILES string of the molecule is COC(=O)c1ccc(N2CCNC(C(C)C)C2)cc1. The Bertz CT molecular complexity index is 428. The summed E-state index contributed by atoms with van der Waals surface area (Å²) in [5, 5.41) is 3.54. The maximum absolute atomic E-state index is 11.4. The van der Waals surface area contributed by atoms with Crippen molar-refractivity contribution in [1.82, 2.24) is 5.32 Å². The summed E-state index contributed by atoms with van der Waals surface area (Å²) in [7, 11) is 1.40. The van der Waals surface area contributed by atoms with Crippen LogP contribution in [-0.4, -0.2) is 38.8 Å². The van der Waals surface area contributed by atoms with Crippen LogP contribution in [0.5, 0.6) is 0 Å². The predicted molar refractivity (Wildman–Crippen MR) is 76.6 cm³/mol. The second-order valence-electron chi connectivity index (χ2n) is 5.29. The number of rotatable bonds is 3. The van der Waals surface area contributed by atoms with Crippen LogP contribution in [-0.2, 0) is 4.74 Å². The summed E-state index contributed by atoms with van der Waals surface area (Å²) < 4.78 is 4.71. The van der Waals surface area contributed by atoms with Gasteiger partial charge in [-0.2, -0.15) is 0 Å². The maximum Gasteiger partial charge on any atom is 0.337 e. The molecule has 1 fully saturated rings. The fourth-order valence-electron chi connectivity index (χ4n) is 2.39. The number of nitrogens with one attached hydrogen (secondary N) is 1. The lowest BCUT2D eigenvalue weighted by Crippen LogP contribution is -2.52. The number of carbonyl (C=O) groups excluding carboxylic acids is 1. The quantitative estimate of drug-likeness (QED) is 0.845. The van der Waals surface area contributed by atoms with Gasteiger partial charge in [-0.25, -0.2) is 4.79 Å². The van der Waals surface area contributed by atoms with Crippen molar-refractivity contribution in [1.29, 1.82) is 0 Å². The highest BCUT2D eigenvalue weighted by atomic mass is 16.5. The lowest BCUT2D eigenvalue weighted by Gasteiger charge is -2.37. The largest absolute Gasteiger partial charge is 0.465 e.